The highest BCUT2D eigenvalue weighted by Gasteiger charge is 2.12. The van der Waals surface area contributed by atoms with E-state index in [4.69, 9.17) is 0 Å². The number of anilines is 2. The van der Waals surface area contributed by atoms with E-state index >= 15 is 0 Å². The van der Waals surface area contributed by atoms with Crippen molar-refractivity contribution in [2.24, 2.45) is 7.05 Å². The molecule has 3 rings (SSSR count). The van der Waals surface area contributed by atoms with Gasteiger partial charge in [-0.2, -0.15) is 5.10 Å². The Hall–Kier alpha value is -1.95. The molecule has 0 aliphatic carbocycles. The third-order valence-electron chi connectivity index (χ3n) is 3.23. The SMILES string of the molecule is Cc1ccc(Nc2ncnc3c2c(C)nn3C)cc1Br. The van der Waals surface area contributed by atoms with Gasteiger partial charge < -0.3 is 5.32 Å². The molecule has 2 aromatic heterocycles. The molecule has 0 aliphatic heterocycles. The van der Waals surface area contributed by atoms with Crippen molar-refractivity contribution in [2.75, 3.05) is 5.32 Å². The van der Waals surface area contributed by atoms with Crippen LogP contribution < -0.4 is 5.32 Å². The van der Waals surface area contributed by atoms with E-state index in [1.807, 2.05) is 26.1 Å². The first-order valence-corrected chi connectivity index (χ1v) is 7.03. The summed E-state index contributed by atoms with van der Waals surface area (Å²) in [5.41, 5.74) is 3.91. The van der Waals surface area contributed by atoms with Gasteiger partial charge in [-0.1, -0.05) is 22.0 Å². The third-order valence-corrected chi connectivity index (χ3v) is 4.08. The lowest BCUT2D eigenvalue weighted by atomic mass is 10.2. The fraction of sp³-hybridized carbons (Fsp3) is 0.214. The maximum atomic E-state index is 4.39. The van der Waals surface area contributed by atoms with Crippen molar-refractivity contribution in [1.82, 2.24) is 19.7 Å². The number of hydrogen-bond donors (Lipinski definition) is 1. The highest BCUT2D eigenvalue weighted by atomic mass is 79.9. The number of nitrogens with zero attached hydrogens (tertiary/aromatic N) is 4. The Bertz CT molecular complexity index is 794. The normalized spacial score (nSPS) is 11.0. The molecule has 0 atom stereocenters. The molecule has 0 radical (unpaired) electrons. The summed E-state index contributed by atoms with van der Waals surface area (Å²) in [5.74, 6) is 0.774. The van der Waals surface area contributed by atoms with Gasteiger partial charge in [-0.25, -0.2) is 9.97 Å². The lowest BCUT2D eigenvalue weighted by Crippen LogP contribution is -1.97. The maximum Gasteiger partial charge on any atom is 0.163 e. The summed E-state index contributed by atoms with van der Waals surface area (Å²) in [6.07, 6.45) is 1.55. The first-order valence-electron chi connectivity index (χ1n) is 6.24. The number of fused-ring (bicyclic) bond motifs is 1. The van der Waals surface area contributed by atoms with Crippen LogP contribution in [0.15, 0.2) is 29.0 Å². The molecule has 0 amide bonds. The second-order valence-electron chi connectivity index (χ2n) is 4.72. The predicted molar refractivity (Wildman–Crippen MR) is 83.2 cm³/mol. The predicted octanol–water partition coefficient (Wildman–Crippen LogP) is 3.49. The standard InChI is InChI=1S/C14H14BrN5/c1-8-4-5-10(6-11(8)15)18-13-12-9(2)19-20(3)14(12)17-7-16-13/h4-7H,1-3H3,(H,16,17,18). The molecule has 1 N–H and O–H groups in total. The Morgan fingerprint density at radius 1 is 1.20 bits per heavy atom. The van der Waals surface area contributed by atoms with Crippen LogP contribution in [0.4, 0.5) is 11.5 Å². The van der Waals surface area contributed by atoms with Gasteiger partial charge in [0.1, 0.15) is 12.1 Å². The monoisotopic (exact) mass is 331 g/mol. The molecule has 2 heterocycles. The van der Waals surface area contributed by atoms with Crippen molar-refractivity contribution in [2.45, 2.75) is 13.8 Å². The van der Waals surface area contributed by atoms with Crippen LogP contribution >= 0.6 is 15.9 Å². The number of hydrogen-bond acceptors (Lipinski definition) is 4. The summed E-state index contributed by atoms with van der Waals surface area (Å²) in [7, 11) is 1.88. The van der Waals surface area contributed by atoms with Crippen molar-refractivity contribution in [1.29, 1.82) is 0 Å². The van der Waals surface area contributed by atoms with Crippen LogP contribution in [0, 0.1) is 13.8 Å². The summed E-state index contributed by atoms with van der Waals surface area (Å²) < 4.78 is 2.83. The van der Waals surface area contributed by atoms with E-state index in [1.54, 1.807) is 11.0 Å². The summed E-state index contributed by atoms with van der Waals surface area (Å²) in [6, 6.07) is 6.12. The minimum atomic E-state index is 0.774. The summed E-state index contributed by atoms with van der Waals surface area (Å²) in [4.78, 5) is 8.61. The van der Waals surface area contributed by atoms with Crippen molar-refractivity contribution >= 4 is 38.5 Å². The van der Waals surface area contributed by atoms with Gasteiger partial charge in [0, 0.05) is 17.2 Å². The zero-order chi connectivity index (χ0) is 14.3. The van der Waals surface area contributed by atoms with Crippen LogP contribution in [0.2, 0.25) is 0 Å². The molecule has 6 heteroatoms. The Labute approximate surface area is 125 Å². The van der Waals surface area contributed by atoms with E-state index in [0.29, 0.717) is 0 Å². The van der Waals surface area contributed by atoms with Crippen molar-refractivity contribution < 1.29 is 0 Å². The Balaban J connectivity index is 2.08. The zero-order valence-electron chi connectivity index (χ0n) is 11.5. The van der Waals surface area contributed by atoms with Gasteiger partial charge in [-0.15, -0.1) is 0 Å². The van der Waals surface area contributed by atoms with Gasteiger partial charge in [-0.3, -0.25) is 4.68 Å². The van der Waals surface area contributed by atoms with Gasteiger partial charge in [0.25, 0.3) is 0 Å². The van der Waals surface area contributed by atoms with E-state index in [-0.39, 0.29) is 0 Å². The molecule has 1 aromatic carbocycles. The van der Waals surface area contributed by atoms with E-state index in [0.717, 1.165) is 32.7 Å². The number of nitrogens with one attached hydrogen (secondary N) is 1. The number of rotatable bonds is 2. The molecule has 0 saturated heterocycles. The average Bonchev–Trinajstić information content (AvgIpc) is 2.71. The van der Waals surface area contributed by atoms with Crippen LogP contribution in [0.3, 0.4) is 0 Å². The lowest BCUT2D eigenvalue weighted by Gasteiger charge is -2.08. The van der Waals surface area contributed by atoms with Gasteiger partial charge in [0.05, 0.1) is 11.1 Å². The van der Waals surface area contributed by atoms with E-state index in [2.05, 4.69) is 49.3 Å². The first-order chi connectivity index (χ1) is 9.56. The average molecular weight is 332 g/mol. The molecule has 102 valence electrons. The van der Waals surface area contributed by atoms with Crippen molar-refractivity contribution in [3.8, 4) is 0 Å². The van der Waals surface area contributed by atoms with Gasteiger partial charge >= 0.3 is 0 Å². The molecule has 0 bridgehead atoms. The van der Waals surface area contributed by atoms with Crippen LogP contribution in [-0.4, -0.2) is 19.7 Å². The van der Waals surface area contributed by atoms with E-state index < -0.39 is 0 Å². The quantitative estimate of drug-likeness (QED) is 0.781. The van der Waals surface area contributed by atoms with Crippen molar-refractivity contribution in [3.05, 3.63) is 40.3 Å². The minimum Gasteiger partial charge on any atom is -0.339 e. The Morgan fingerprint density at radius 3 is 2.75 bits per heavy atom. The highest BCUT2D eigenvalue weighted by molar-refractivity contribution is 9.10. The Morgan fingerprint density at radius 2 is 2.00 bits per heavy atom. The van der Waals surface area contributed by atoms with Crippen LogP contribution in [0.1, 0.15) is 11.3 Å². The summed E-state index contributed by atoms with van der Waals surface area (Å²) in [5, 5.41) is 8.67. The van der Waals surface area contributed by atoms with Crippen LogP contribution in [0.5, 0.6) is 0 Å². The maximum absolute atomic E-state index is 4.39. The molecule has 5 nitrogen and oxygen atoms in total. The van der Waals surface area contributed by atoms with Crippen molar-refractivity contribution in [3.63, 3.8) is 0 Å². The fourth-order valence-corrected chi connectivity index (χ4v) is 2.56. The van der Waals surface area contributed by atoms with Gasteiger partial charge in [-0.05, 0) is 31.5 Å². The second-order valence-corrected chi connectivity index (χ2v) is 5.57. The molecular weight excluding hydrogens is 318 g/mol. The number of aromatic nitrogens is 4. The largest absolute Gasteiger partial charge is 0.339 e. The van der Waals surface area contributed by atoms with Gasteiger partial charge in [0.2, 0.25) is 0 Å². The molecule has 3 aromatic rings. The topological polar surface area (TPSA) is 55.6 Å². The van der Waals surface area contributed by atoms with Gasteiger partial charge in [0.15, 0.2) is 5.65 Å². The smallest absolute Gasteiger partial charge is 0.163 e. The van der Waals surface area contributed by atoms with Crippen LogP contribution in [0.25, 0.3) is 11.0 Å². The molecular formula is C14H14BrN5. The molecule has 0 fully saturated rings. The summed E-state index contributed by atoms with van der Waals surface area (Å²) in [6.45, 7) is 4.02. The number of aryl methyl sites for hydroxylation is 3. The highest BCUT2D eigenvalue weighted by Crippen LogP contribution is 2.27. The molecule has 0 spiro atoms. The third kappa shape index (κ3) is 2.16. The van der Waals surface area contributed by atoms with Crippen LogP contribution in [-0.2, 0) is 7.05 Å². The molecule has 0 unspecified atom stereocenters. The molecule has 0 saturated carbocycles. The molecule has 20 heavy (non-hydrogen) atoms. The fourth-order valence-electron chi connectivity index (χ4n) is 2.18. The Kier molecular flexibility index (Phi) is 3.17. The number of halogens is 1. The second kappa shape index (κ2) is 4.86. The zero-order valence-corrected chi connectivity index (χ0v) is 13.1. The molecule has 0 aliphatic rings. The first kappa shape index (κ1) is 13.1. The lowest BCUT2D eigenvalue weighted by molar-refractivity contribution is 0.773. The minimum absolute atomic E-state index is 0.774. The number of benzene rings is 1. The summed E-state index contributed by atoms with van der Waals surface area (Å²) >= 11 is 3.54. The van der Waals surface area contributed by atoms with E-state index in [1.165, 1.54) is 5.56 Å². The van der Waals surface area contributed by atoms with E-state index in [9.17, 15) is 0 Å².